The van der Waals surface area contributed by atoms with Crippen molar-refractivity contribution >= 4 is 17.6 Å². The molecule has 102 valence electrons. The smallest absolute Gasteiger partial charge is 0.322 e. The molecular formula is C14H19N3O2. The molecule has 1 aromatic rings. The van der Waals surface area contributed by atoms with Crippen LogP contribution in [0, 0.1) is 0 Å². The number of urea groups is 1. The number of hydrogen-bond acceptors (Lipinski definition) is 2. The first kappa shape index (κ1) is 13.4. The summed E-state index contributed by atoms with van der Waals surface area (Å²) in [7, 11) is 0. The molecule has 2 rings (SSSR count). The summed E-state index contributed by atoms with van der Waals surface area (Å²) in [6.45, 7) is 3.09. The van der Waals surface area contributed by atoms with Crippen molar-refractivity contribution in [2.24, 2.45) is 0 Å². The van der Waals surface area contributed by atoms with E-state index in [0.29, 0.717) is 13.1 Å². The highest BCUT2D eigenvalue weighted by atomic mass is 16.2. The fourth-order valence-corrected chi connectivity index (χ4v) is 2.29. The molecule has 1 saturated heterocycles. The van der Waals surface area contributed by atoms with Gasteiger partial charge in [0.1, 0.15) is 6.04 Å². The molecule has 0 saturated carbocycles. The van der Waals surface area contributed by atoms with Crippen LogP contribution in [-0.4, -0.2) is 36.0 Å². The Morgan fingerprint density at radius 1 is 1.32 bits per heavy atom. The fourth-order valence-electron chi connectivity index (χ4n) is 2.29. The van der Waals surface area contributed by atoms with Crippen LogP contribution in [0.25, 0.3) is 0 Å². The zero-order valence-corrected chi connectivity index (χ0v) is 11.1. The number of carbonyl (C=O) groups is 2. The summed E-state index contributed by atoms with van der Waals surface area (Å²) < 4.78 is 0. The molecule has 1 aliphatic rings. The van der Waals surface area contributed by atoms with E-state index < -0.39 is 0 Å². The third-order valence-corrected chi connectivity index (χ3v) is 3.19. The van der Waals surface area contributed by atoms with Crippen molar-refractivity contribution in [3.8, 4) is 0 Å². The number of nitrogens with one attached hydrogen (secondary N) is 2. The largest absolute Gasteiger partial charge is 0.355 e. The standard InChI is InChI=1S/C14H19N3O2/c1-2-15-13(18)12-9-6-10-17(12)14(19)16-11-7-4-3-5-8-11/h3-5,7-8,12H,2,6,9-10H2,1H3,(H,15,18)(H,16,19). The Bertz CT molecular complexity index is 447. The Morgan fingerprint density at radius 2 is 2.05 bits per heavy atom. The monoisotopic (exact) mass is 261 g/mol. The normalized spacial score (nSPS) is 18.2. The molecule has 5 heteroatoms. The third kappa shape index (κ3) is 3.24. The maximum Gasteiger partial charge on any atom is 0.322 e. The molecule has 1 heterocycles. The fraction of sp³-hybridized carbons (Fsp3) is 0.429. The van der Waals surface area contributed by atoms with Crippen molar-refractivity contribution in [2.45, 2.75) is 25.8 Å². The molecule has 3 amide bonds. The maximum absolute atomic E-state index is 12.2. The summed E-state index contributed by atoms with van der Waals surface area (Å²) in [6, 6.07) is 8.72. The molecule has 0 aliphatic carbocycles. The summed E-state index contributed by atoms with van der Waals surface area (Å²) in [4.78, 5) is 25.7. The number of carbonyl (C=O) groups excluding carboxylic acids is 2. The van der Waals surface area contributed by atoms with Crippen LogP contribution in [0.15, 0.2) is 30.3 Å². The second kappa shape index (κ2) is 6.22. The van der Waals surface area contributed by atoms with Gasteiger partial charge < -0.3 is 15.5 Å². The van der Waals surface area contributed by atoms with Crippen LogP contribution in [0.2, 0.25) is 0 Å². The average Bonchev–Trinajstić information content (AvgIpc) is 2.89. The van der Waals surface area contributed by atoms with E-state index in [9.17, 15) is 9.59 Å². The van der Waals surface area contributed by atoms with Gasteiger partial charge in [-0.15, -0.1) is 0 Å². The molecule has 1 fully saturated rings. The number of likely N-dealkylation sites (N-methyl/N-ethyl adjacent to an activating group) is 1. The minimum atomic E-state index is -0.344. The summed E-state index contributed by atoms with van der Waals surface area (Å²) in [5, 5.41) is 5.59. The van der Waals surface area contributed by atoms with Gasteiger partial charge in [0.25, 0.3) is 0 Å². The van der Waals surface area contributed by atoms with Gasteiger partial charge in [-0.2, -0.15) is 0 Å². The number of nitrogens with zero attached hydrogens (tertiary/aromatic N) is 1. The second-order valence-electron chi connectivity index (χ2n) is 4.54. The van der Waals surface area contributed by atoms with Gasteiger partial charge in [0.2, 0.25) is 5.91 Å². The highest BCUT2D eigenvalue weighted by Gasteiger charge is 2.33. The lowest BCUT2D eigenvalue weighted by Gasteiger charge is -2.24. The minimum absolute atomic E-state index is 0.0665. The first-order valence-electron chi connectivity index (χ1n) is 6.62. The van der Waals surface area contributed by atoms with Gasteiger partial charge in [0.05, 0.1) is 0 Å². The molecule has 0 aromatic heterocycles. The van der Waals surface area contributed by atoms with Crippen LogP contribution in [-0.2, 0) is 4.79 Å². The number of anilines is 1. The molecule has 1 aliphatic heterocycles. The minimum Gasteiger partial charge on any atom is -0.355 e. The molecule has 1 aromatic carbocycles. The number of benzene rings is 1. The topological polar surface area (TPSA) is 61.4 Å². The van der Waals surface area contributed by atoms with Crippen molar-refractivity contribution in [1.29, 1.82) is 0 Å². The highest BCUT2D eigenvalue weighted by molar-refractivity contribution is 5.94. The van der Waals surface area contributed by atoms with E-state index in [1.165, 1.54) is 0 Å². The number of likely N-dealkylation sites (tertiary alicyclic amines) is 1. The van der Waals surface area contributed by atoms with E-state index in [2.05, 4.69) is 10.6 Å². The molecular weight excluding hydrogens is 242 g/mol. The first-order valence-corrected chi connectivity index (χ1v) is 6.62. The molecule has 0 radical (unpaired) electrons. The maximum atomic E-state index is 12.2. The average molecular weight is 261 g/mol. The SMILES string of the molecule is CCNC(=O)C1CCCN1C(=O)Nc1ccccc1. The van der Waals surface area contributed by atoms with Crippen molar-refractivity contribution in [1.82, 2.24) is 10.2 Å². The van der Waals surface area contributed by atoms with E-state index in [1.54, 1.807) is 4.90 Å². The highest BCUT2D eigenvalue weighted by Crippen LogP contribution is 2.19. The van der Waals surface area contributed by atoms with E-state index >= 15 is 0 Å². The van der Waals surface area contributed by atoms with Gasteiger partial charge in [-0.05, 0) is 31.9 Å². The van der Waals surface area contributed by atoms with Crippen LogP contribution in [0.3, 0.4) is 0 Å². The number of amides is 3. The van der Waals surface area contributed by atoms with Crippen LogP contribution in [0.5, 0.6) is 0 Å². The van der Waals surface area contributed by atoms with Crippen LogP contribution < -0.4 is 10.6 Å². The van der Waals surface area contributed by atoms with Crippen molar-refractivity contribution in [3.05, 3.63) is 30.3 Å². The number of hydrogen-bond donors (Lipinski definition) is 2. The van der Waals surface area contributed by atoms with Crippen LogP contribution in [0.4, 0.5) is 10.5 Å². The Morgan fingerprint density at radius 3 is 2.74 bits per heavy atom. The predicted octanol–water partition coefficient (Wildman–Crippen LogP) is 1.82. The van der Waals surface area contributed by atoms with Gasteiger partial charge in [0.15, 0.2) is 0 Å². The zero-order valence-electron chi connectivity index (χ0n) is 11.1. The van der Waals surface area contributed by atoms with E-state index in [0.717, 1.165) is 18.5 Å². The molecule has 19 heavy (non-hydrogen) atoms. The number of para-hydroxylation sites is 1. The van der Waals surface area contributed by atoms with E-state index in [4.69, 9.17) is 0 Å². The van der Waals surface area contributed by atoms with E-state index in [-0.39, 0.29) is 18.0 Å². The van der Waals surface area contributed by atoms with Crippen LogP contribution >= 0.6 is 0 Å². The summed E-state index contributed by atoms with van der Waals surface area (Å²) in [5.74, 6) is -0.0665. The lowest BCUT2D eigenvalue weighted by Crippen LogP contribution is -2.47. The van der Waals surface area contributed by atoms with Gasteiger partial charge >= 0.3 is 6.03 Å². The molecule has 1 unspecified atom stereocenters. The van der Waals surface area contributed by atoms with Crippen molar-refractivity contribution in [3.63, 3.8) is 0 Å². The second-order valence-corrected chi connectivity index (χ2v) is 4.54. The van der Waals surface area contributed by atoms with Gasteiger partial charge in [0, 0.05) is 18.8 Å². The molecule has 2 N–H and O–H groups in total. The Kier molecular flexibility index (Phi) is 4.39. The summed E-state index contributed by atoms with van der Waals surface area (Å²) >= 11 is 0. The summed E-state index contributed by atoms with van der Waals surface area (Å²) in [6.07, 6.45) is 1.60. The lowest BCUT2D eigenvalue weighted by atomic mass is 10.2. The first-order chi connectivity index (χ1) is 9.22. The van der Waals surface area contributed by atoms with Gasteiger partial charge in [-0.3, -0.25) is 4.79 Å². The van der Waals surface area contributed by atoms with Crippen molar-refractivity contribution in [2.75, 3.05) is 18.4 Å². The Labute approximate surface area is 113 Å². The number of rotatable bonds is 3. The molecule has 1 atom stereocenters. The zero-order chi connectivity index (χ0) is 13.7. The van der Waals surface area contributed by atoms with Crippen molar-refractivity contribution < 1.29 is 9.59 Å². The van der Waals surface area contributed by atoms with Gasteiger partial charge in [-0.25, -0.2) is 4.79 Å². The molecule has 0 bridgehead atoms. The van der Waals surface area contributed by atoms with E-state index in [1.807, 2.05) is 37.3 Å². The third-order valence-electron chi connectivity index (χ3n) is 3.19. The molecule has 5 nitrogen and oxygen atoms in total. The molecule has 0 spiro atoms. The quantitative estimate of drug-likeness (QED) is 0.871. The lowest BCUT2D eigenvalue weighted by molar-refractivity contribution is -0.124. The predicted molar refractivity (Wildman–Crippen MR) is 73.9 cm³/mol. The summed E-state index contributed by atoms with van der Waals surface area (Å²) in [5.41, 5.74) is 0.744. The Hall–Kier alpha value is -2.04. The van der Waals surface area contributed by atoms with Crippen LogP contribution in [0.1, 0.15) is 19.8 Å². The van der Waals surface area contributed by atoms with Gasteiger partial charge in [-0.1, -0.05) is 18.2 Å². The Balaban J connectivity index is 2.00.